The Morgan fingerprint density at radius 3 is 2.65 bits per heavy atom. The lowest BCUT2D eigenvalue weighted by atomic mass is 10.3. The minimum atomic E-state index is -4.24. The highest BCUT2D eigenvalue weighted by atomic mass is 19.4. The Balaban J connectivity index is 2.33. The van der Waals surface area contributed by atoms with Crippen LogP contribution in [0.3, 0.4) is 0 Å². The monoisotopic (exact) mass is 337 g/mol. The predicted molar refractivity (Wildman–Crippen MR) is 78.1 cm³/mol. The van der Waals surface area contributed by atoms with Gasteiger partial charge in [0.25, 0.3) is 0 Å². The number of carbonyl (C=O) groups excluding carboxylic acids is 1. The number of hydrogen-bond acceptors (Lipinski definition) is 3. The Kier molecular flexibility index (Phi) is 7.08. The first-order valence-electron chi connectivity index (χ1n) is 6.85. The van der Waals surface area contributed by atoms with E-state index in [1.165, 1.54) is 26.3 Å². The van der Waals surface area contributed by atoms with Crippen LogP contribution >= 0.6 is 0 Å². The molecule has 0 radical (unpaired) electrons. The number of rotatable bonds is 7. The van der Waals surface area contributed by atoms with Gasteiger partial charge in [-0.1, -0.05) is 0 Å². The lowest BCUT2D eigenvalue weighted by molar-refractivity contribution is -0.143. The topological polar surface area (TPSA) is 53.6 Å². The molecule has 2 amide bonds. The van der Waals surface area contributed by atoms with Crippen LogP contribution in [-0.4, -0.2) is 50.9 Å². The third-order valence-electron chi connectivity index (χ3n) is 2.86. The first-order chi connectivity index (χ1) is 10.7. The van der Waals surface area contributed by atoms with E-state index in [2.05, 4.69) is 10.6 Å². The molecule has 0 aliphatic heterocycles. The maximum atomic E-state index is 13.0. The van der Waals surface area contributed by atoms with Crippen molar-refractivity contribution in [1.29, 1.82) is 0 Å². The quantitative estimate of drug-likeness (QED) is 0.594. The minimum absolute atomic E-state index is 0.171. The fourth-order valence-electron chi connectivity index (χ4n) is 1.87. The Morgan fingerprint density at radius 2 is 2.04 bits per heavy atom. The van der Waals surface area contributed by atoms with Crippen LogP contribution in [0.5, 0.6) is 5.75 Å². The number of methoxy groups -OCH3 is 1. The van der Waals surface area contributed by atoms with Crippen LogP contribution in [0.4, 0.5) is 28.0 Å². The highest BCUT2D eigenvalue weighted by Gasteiger charge is 2.28. The van der Waals surface area contributed by atoms with Crippen LogP contribution in [0, 0.1) is 5.82 Å². The van der Waals surface area contributed by atoms with Crippen molar-refractivity contribution < 1.29 is 27.1 Å². The van der Waals surface area contributed by atoms with Gasteiger partial charge < -0.3 is 15.4 Å². The van der Waals surface area contributed by atoms with Gasteiger partial charge in [-0.05, 0) is 32.1 Å². The molecule has 0 fully saturated rings. The first-order valence-corrected chi connectivity index (χ1v) is 6.85. The van der Waals surface area contributed by atoms with Crippen molar-refractivity contribution in [2.75, 3.05) is 39.1 Å². The average Bonchev–Trinajstić information content (AvgIpc) is 2.43. The standard InChI is InChI=1S/C14H19F4N3O2/c1-21(9-14(16,17)18)7-3-6-19-13(22)20-11-5-4-10(15)8-12(11)23-2/h4-5,8H,3,6-7,9H2,1-2H3,(H2,19,20,22). The molecule has 0 unspecified atom stereocenters. The third kappa shape index (κ3) is 7.68. The maximum Gasteiger partial charge on any atom is 0.401 e. The Hall–Kier alpha value is -2.03. The third-order valence-corrected chi connectivity index (χ3v) is 2.86. The number of urea groups is 1. The van der Waals surface area contributed by atoms with Gasteiger partial charge >= 0.3 is 12.2 Å². The zero-order chi connectivity index (χ0) is 17.5. The fraction of sp³-hybridized carbons (Fsp3) is 0.500. The number of anilines is 1. The molecule has 0 aromatic heterocycles. The molecule has 0 saturated carbocycles. The van der Waals surface area contributed by atoms with E-state index in [0.29, 0.717) is 12.1 Å². The van der Waals surface area contributed by atoms with Crippen LogP contribution in [0.15, 0.2) is 18.2 Å². The normalized spacial score (nSPS) is 11.4. The van der Waals surface area contributed by atoms with Gasteiger partial charge in [0.05, 0.1) is 19.3 Å². The van der Waals surface area contributed by atoms with Crippen molar-refractivity contribution in [3.8, 4) is 5.75 Å². The number of hydrogen-bond donors (Lipinski definition) is 2. The Labute approximate surface area is 131 Å². The summed E-state index contributed by atoms with van der Waals surface area (Å²) >= 11 is 0. The highest BCUT2D eigenvalue weighted by Crippen LogP contribution is 2.24. The van der Waals surface area contributed by atoms with Gasteiger partial charge in [0, 0.05) is 12.6 Å². The second-order valence-electron chi connectivity index (χ2n) is 4.93. The second-order valence-corrected chi connectivity index (χ2v) is 4.93. The van der Waals surface area contributed by atoms with E-state index in [1.807, 2.05) is 0 Å². The molecular weight excluding hydrogens is 318 g/mol. The number of nitrogens with one attached hydrogen (secondary N) is 2. The maximum absolute atomic E-state index is 13.0. The SMILES string of the molecule is COc1cc(F)ccc1NC(=O)NCCCN(C)CC(F)(F)F. The summed E-state index contributed by atoms with van der Waals surface area (Å²) in [5.74, 6) is -0.328. The zero-order valence-electron chi connectivity index (χ0n) is 12.8. The van der Waals surface area contributed by atoms with Gasteiger partial charge in [-0.2, -0.15) is 13.2 Å². The molecule has 130 valence electrons. The molecule has 1 aromatic rings. The fourth-order valence-corrected chi connectivity index (χ4v) is 1.87. The zero-order valence-corrected chi connectivity index (χ0v) is 12.8. The summed E-state index contributed by atoms with van der Waals surface area (Å²) in [6.07, 6.45) is -3.88. The van der Waals surface area contributed by atoms with Gasteiger partial charge in [0.1, 0.15) is 11.6 Å². The molecule has 1 aromatic carbocycles. The molecule has 0 bridgehead atoms. The largest absolute Gasteiger partial charge is 0.494 e. The van der Waals surface area contributed by atoms with Crippen molar-refractivity contribution in [1.82, 2.24) is 10.2 Å². The molecule has 2 N–H and O–H groups in total. The predicted octanol–water partition coefficient (Wildman–Crippen LogP) is 2.84. The summed E-state index contributed by atoms with van der Waals surface area (Å²) in [5.41, 5.74) is 0.292. The number of nitrogens with zero attached hydrogens (tertiary/aromatic N) is 1. The van der Waals surface area contributed by atoms with E-state index >= 15 is 0 Å². The van der Waals surface area contributed by atoms with E-state index in [9.17, 15) is 22.4 Å². The highest BCUT2D eigenvalue weighted by molar-refractivity contribution is 5.90. The lowest BCUT2D eigenvalue weighted by Crippen LogP contribution is -2.35. The van der Waals surface area contributed by atoms with Crippen molar-refractivity contribution in [2.45, 2.75) is 12.6 Å². The van der Waals surface area contributed by atoms with Crippen LogP contribution in [0.1, 0.15) is 6.42 Å². The van der Waals surface area contributed by atoms with Crippen molar-refractivity contribution in [2.24, 2.45) is 0 Å². The van der Waals surface area contributed by atoms with Gasteiger partial charge in [0.15, 0.2) is 0 Å². The first kappa shape index (κ1) is 19.0. The molecule has 0 saturated heterocycles. The molecule has 0 aliphatic carbocycles. The second kappa shape index (κ2) is 8.56. The van der Waals surface area contributed by atoms with Crippen LogP contribution in [-0.2, 0) is 0 Å². The summed E-state index contributed by atoms with van der Waals surface area (Å²) in [6.45, 7) is -0.594. The molecular formula is C14H19F4N3O2. The lowest BCUT2D eigenvalue weighted by Gasteiger charge is -2.18. The van der Waals surface area contributed by atoms with Gasteiger partial charge in [0.2, 0.25) is 0 Å². The molecule has 23 heavy (non-hydrogen) atoms. The van der Waals surface area contributed by atoms with E-state index in [-0.39, 0.29) is 18.8 Å². The number of amides is 2. The summed E-state index contributed by atoms with van der Waals surface area (Å²) in [7, 11) is 2.70. The molecule has 0 spiro atoms. The summed E-state index contributed by atoms with van der Waals surface area (Å²) in [4.78, 5) is 12.8. The number of carbonyl (C=O) groups is 1. The Bertz CT molecular complexity index is 523. The smallest absolute Gasteiger partial charge is 0.401 e. The van der Waals surface area contributed by atoms with E-state index in [0.717, 1.165) is 11.0 Å². The molecule has 0 aliphatic rings. The minimum Gasteiger partial charge on any atom is -0.494 e. The Morgan fingerprint density at radius 1 is 1.35 bits per heavy atom. The van der Waals surface area contributed by atoms with Crippen molar-refractivity contribution >= 4 is 11.7 Å². The van der Waals surface area contributed by atoms with Gasteiger partial charge in [-0.25, -0.2) is 9.18 Å². The summed E-state index contributed by atoms with van der Waals surface area (Å²) < 4.78 is 54.3. The summed E-state index contributed by atoms with van der Waals surface area (Å²) in [5, 5.41) is 4.99. The molecule has 5 nitrogen and oxygen atoms in total. The van der Waals surface area contributed by atoms with E-state index in [4.69, 9.17) is 4.74 Å². The van der Waals surface area contributed by atoms with Crippen LogP contribution < -0.4 is 15.4 Å². The summed E-state index contributed by atoms with van der Waals surface area (Å²) in [6, 6.07) is 3.10. The van der Waals surface area contributed by atoms with Gasteiger partial charge in [-0.15, -0.1) is 0 Å². The van der Waals surface area contributed by atoms with E-state index in [1.54, 1.807) is 0 Å². The number of ether oxygens (including phenoxy) is 1. The molecule has 0 atom stereocenters. The van der Waals surface area contributed by atoms with Crippen molar-refractivity contribution in [3.05, 3.63) is 24.0 Å². The molecule has 9 heteroatoms. The van der Waals surface area contributed by atoms with Crippen molar-refractivity contribution in [3.63, 3.8) is 0 Å². The van der Waals surface area contributed by atoms with E-state index < -0.39 is 24.6 Å². The van der Waals surface area contributed by atoms with Crippen LogP contribution in [0.25, 0.3) is 0 Å². The number of halogens is 4. The van der Waals surface area contributed by atoms with Crippen LogP contribution in [0.2, 0.25) is 0 Å². The van der Waals surface area contributed by atoms with Gasteiger partial charge in [-0.3, -0.25) is 4.90 Å². The molecule has 1 rings (SSSR count). The number of alkyl halides is 3. The molecule has 0 heterocycles. The average molecular weight is 337 g/mol. The number of benzene rings is 1.